The molecule has 3 aromatic rings. The van der Waals surface area contributed by atoms with E-state index in [2.05, 4.69) is 65.7 Å². The molecule has 0 radical (unpaired) electrons. The minimum Gasteiger partial charge on any atom is -0.382 e. The van der Waals surface area contributed by atoms with Crippen molar-refractivity contribution in [3.05, 3.63) is 71.5 Å². The number of carbonyl (C=O) groups excluding carboxylic acids is 4. The van der Waals surface area contributed by atoms with Crippen molar-refractivity contribution in [3.63, 3.8) is 0 Å². The second-order valence-corrected chi connectivity index (χ2v) is 20.8. The number of pyridine rings is 1. The Morgan fingerprint density at radius 1 is 0.797 bits per heavy atom. The van der Waals surface area contributed by atoms with Gasteiger partial charge in [0.15, 0.2) is 0 Å². The van der Waals surface area contributed by atoms with Crippen molar-refractivity contribution in [1.82, 2.24) is 20.1 Å². The fourth-order valence-electron chi connectivity index (χ4n) is 14.0. The molecule has 3 heterocycles. The highest BCUT2D eigenvalue weighted by molar-refractivity contribution is 6.25. The van der Waals surface area contributed by atoms with E-state index in [1.54, 1.807) is 23.8 Å². The first-order valence-electron chi connectivity index (χ1n) is 24.8. The molecule has 4 amide bonds. The number of hydrogen-bond donors (Lipinski definition) is 2. The number of fused-ring (bicyclic) bond motifs is 7. The van der Waals surface area contributed by atoms with Crippen LogP contribution < -0.4 is 10.6 Å². The maximum Gasteiger partial charge on any atom is 0.264 e. The third-order valence-electron chi connectivity index (χ3n) is 17.5. The summed E-state index contributed by atoms with van der Waals surface area (Å²) in [5, 5.41) is 8.04. The molecule has 9 rings (SSSR count). The molecule has 9 atom stereocenters. The van der Waals surface area contributed by atoms with Gasteiger partial charge in [-0.2, -0.15) is 0 Å². The van der Waals surface area contributed by atoms with E-state index >= 15 is 0 Å². The first-order valence-corrected chi connectivity index (χ1v) is 24.8. The normalized spacial score (nSPS) is 31.2. The number of nitrogens with one attached hydrogen (secondary N) is 2. The predicted molar refractivity (Wildman–Crippen MR) is 249 cm³/mol. The van der Waals surface area contributed by atoms with Gasteiger partial charge in [0, 0.05) is 49.1 Å². The van der Waals surface area contributed by atoms with Crippen molar-refractivity contribution in [2.45, 2.75) is 135 Å². The summed E-state index contributed by atoms with van der Waals surface area (Å²) >= 11 is 0. The van der Waals surface area contributed by atoms with Crippen LogP contribution in [-0.4, -0.2) is 97.1 Å². The van der Waals surface area contributed by atoms with Crippen LogP contribution in [0.4, 0.5) is 5.69 Å². The number of amides is 4. The molecule has 3 unspecified atom stereocenters. The lowest BCUT2D eigenvalue weighted by Crippen LogP contribution is -2.55. The molecule has 64 heavy (non-hydrogen) atoms. The molecule has 0 bridgehead atoms. The summed E-state index contributed by atoms with van der Waals surface area (Å²) in [6, 6.07) is 14.2. The van der Waals surface area contributed by atoms with Crippen molar-refractivity contribution in [3.8, 4) is 0 Å². The van der Waals surface area contributed by atoms with Crippen molar-refractivity contribution < 1.29 is 28.7 Å². The number of unbranched alkanes of at least 4 members (excludes halogenated alkanes) is 4. The van der Waals surface area contributed by atoms with Crippen LogP contribution in [0.2, 0.25) is 0 Å². The van der Waals surface area contributed by atoms with Crippen LogP contribution in [0.3, 0.4) is 0 Å². The van der Waals surface area contributed by atoms with Crippen LogP contribution in [0.5, 0.6) is 0 Å². The summed E-state index contributed by atoms with van der Waals surface area (Å²) in [7, 11) is 2.40. The number of ether oxygens (including phenoxy) is 2. The lowest BCUT2D eigenvalue weighted by atomic mass is 9.44. The van der Waals surface area contributed by atoms with E-state index in [4.69, 9.17) is 9.47 Å². The van der Waals surface area contributed by atoms with Crippen molar-refractivity contribution in [2.75, 3.05) is 51.9 Å². The van der Waals surface area contributed by atoms with Gasteiger partial charge < -0.3 is 19.7 Å². The Hall–Kier alpha value is -4.19. The second-order valence-electron chi connectivity index (χ2n) is 20.8. The fraction of sp³-hybridized carbons (Fsp3) is 0.642. The zero-order valence-corrected chi connectivity index (χ0v) is 38.6. The van der Waals surface area contributed by atoms with Crippen LogP contribution in [0.1, 0.15) is 149 Å². The molecular formula is C53H71N5O6. The number of imide groups is 2. The number of aromatic nitrogens is 1. The smallest absolute Gasteiger partial charge is 0.264 e. The number of hydrogen-bond acceptors (Lipinski definition) is 9. The Labute approximate surface area is 380 Å². The fourth-order valence-corrected chi connectivity index (χ4v) is 14.0. The standard InChI is InChI=1S/C53H71N5O6/c1-52-23-20-39(33-38(52)14-15-40-43-17-16-42(53(43,2)24-21-44(40)52)36-13-12-35-22-25-54-34-37(35)32-36)57(3)27-7-5-4-6-8-28-63-30-31-64-29-26-55-45-11-9-10-41-48(45)51(62)58(50(41)61)46-18-19-47(59)56-49(46)60/h9-13,22,25,32,34,38-40,42-44,46,55H,4-8,14-21,23-24,26-31,33H2,1-3H3,(H,56,59,60)/t38-,39-,40?,42+,43-,44?,46?,52-,53+/m0/s1. The Morgan fingerprint density at radius 3 is 2.45 bits per heavy atom. The van der Waals surface area contributed by atoms with E-state index in [1.807, 2.05) is 12.4 Å². The summed E-state index contributed by atoms with van der Waals surface area (Å²) < 4.78 is 11.6. The van der Waals surface area contributed by atoms with Crippen molar-refractivity contribution in [1.29, 1.82) is 0 Å². The molecule has 1 saturated heterocycles. The number of nitrogens with zero attached hydrogens (tertiary/aromatic N) is 3. The predicted octanol–water partition coefficient (Wildman–Crippen LogP) is 9.16. The molecule has 2 aliphatic heterocycles. The van der Waals surface area contributed by atoms with Gasteiger partial charge in [-0.05, 0) is 166 Å². The molecule has 1 aromatic heterocycles. The Bertz CT molecular complexity index is 2200. The molecule has 11 nitrogen and oxygen atoms in total. The SMILES string of the molecule is CN(CCCCCCCOCCOCCNc1cccc2c1C(=O)N(C1CCC(=O)NC1=O)C2=O)[C@H]1CC[C@]2(C)C3CC[C@]4(C)[C@@H](c5ccc6ccncc6c5)CC[C@H]4C3CC[C@H]2C1. The van der Waals surface area contributed by atoms with Gasteiger partial charge in [0.1, 0.15) is 6.04 Å². The van der Waals surface area contributed by atoms with Crippen LogP contribution in [0.15, 0.2) is 54.9 Å². The molecule has 5 fully saturated rings. The monoisotopic (exact) mass is 874 g/mol. The van der Waals surface area contributed by atoms with Crippen LogP contribution >= 0.6 is 0 Å². The molecule has 344 valence electrons. The number of carbonyl (C=O) groups is 4. The number of benzene rings is 2. The lowest BCUT2D eigenvalue weighted by molar-refractivity contribution is -0.136. The summed E-state index contributed by atoms with van der Waals surface area (Å²) in [5.74, 6) is 2.20. The third kappa shape index (κ3) is 8.78. The van der Waals surface area contributed by atoms with Gasteiger partial charge in [-0.3, -0.25) is 34.4 Å². The molecule has 2 N–H and O–H groups in total. The average Bonchev–Trinajstić information content (AvgIpc) is 3.78. The number of anilines is 1. The van der Waals surface area contributed by atoms with Crippen LogP contribution in [0, 0.1) is 34.5 Å². The quantitative estimate of drug-likeness (QED) is 0.0950. The van der Waals surface area contributed by atoms with Gasteiger partial charge in [-0.15, -0.1) is 0 Å². The van der Waals surface area contributed by atoms with Crippen LogP contribution in [0.25, 0.3) is 10.8 Å². The van der Waals surface area contributed by atoms with E-state index < -0.39 is 29.7 Å². The van der Waals surface area contributed by atoms with E-state index in [1.165, 1.54) is 101 Å². The summed E-state index contributed by atoms with van der Waals surface area (Å²) in [4.78, 5) is 58.5. The summed E-state index contributed by atoms with van der Waals surface area (Å²) in [6.45, 7) is 9.22. The third-order valence-corrected chi connectivity index (χ3v) is 17.5. The zero-order chi connectivity index (χ0) is 44.4. The molecular weight excluding hydrogens is 803 g/mol. The molecule has 4 saturated carbocycles. The number of rotatable bonds is 18. The van der Waals surface area contributed by atoms with Crippen molar-refractivity contribution >= 4 is 40.1 Å². The van der Waals surface area contributed by atoms with E-state index in [0.717, 1.165) is 47.6 Å². The van der Waals surface area contributed by atoms with E-state index in [9.17, 15) is 19.2 Å². The average molecular weight is 874 g/mol. The molecule has 11 heteroatoms. The highest BCUT2D eigenvalue weighted by atomic mass is 16.5. The van der Waals surface area contributed by atoms with Crippen LogP contribution in [-0.2, 0) is 19.1 Å². The highest BCUT2D eigenvalue weighted by Gasteiger charge is 2.60. The largest absolute Gasteiger partial charge is 0.382 e. The van der Waals surface area contributed by atoms with Gasteiger partial charge in [0.25, 0.3) is 11.8 Å². The maximum absolute atomic E-state index is 13.3. The van der Waals surface area contributed by atoms with Crippen molar-refractivity contribution in [2.24, 2.45) is 34.5 Å². The Morgan fingerprint density at radius 2 is 1.59 bits per heavy atom. The van der Waals surface area contributed by atoms with Gasteiger partial charge in [0.2, 0.25) is 11.8 Å². The Balaban J connectivity index is 0.621. The first-order chi connectivity index (χ1) is 31.1. The van der Waals surface area contributed by atoms with Gasteiger partial charge >= 0.3 is 0 Å². The lowest BCUT2D eigenvalue weighted by Gasteiger charge is -2.61. The summed E-state index contributed by atoms with van der Waals surface area (Å²) in [6.07, 6.45) is 22.9. The first kappa shape index (κ1) is 45.0. The minimum atomic E-state index is -0.986. The second kappa shape index (κ2) is 19.3. The molecule has 2 aromatic carbocycles. The van der Waals surface area contributed by atoms with Gasteiger partial charge in [-0.1, -0.05) is 51.3 Å². The molecule has 4 aliphatic carbocycles. The zero-order valence-electron chi connectivity index (χ0n) is 38.6. The molecule has 6 aliphatic rings. The maximum atomic E-state index is 13.3. The van der Waals surface area contributed by atoms with E-state index in [-0.39, 0.29) is 24.0 Å². The topological polar surface area (TPSA) is 130 Å². The number of piperidine rings is 1. The Kier molecular flexibility index (Phi) is 13.6. The highest BCUT2D eigenvalue weighted by Crippen LogP contribution is 2.69. The van der Waals surface area contributed by atoms with E-state index in [0.29, 0.717) is 48.8 Å². The molecule has 0 spiro atoms. The minimum absolute atomic E-state index is 0.0880. The van der Waals surface area contributed by atoms with Gasteiger partial charge in [0.05, 0.1) is 30.9 Å². The van der Waals surface area contributed by atoms with Gasteiger partial charge in [-0.25, -0.2) is 0 Å². The summed E-state index contributed by atoms with van der Waals surface area (Å²) in [5.41, 5.74) is 3.54.